The Hall–Kier alpha value is -4.46. The van der Waals surface area contributed by atoms with Gasteiger partial charge in [-0.15, -0.1) is 0 Å². The average Bonchev–Trinajstić information content (AvgIpc) is 3.31. The molecule has 0 spiro atoms. The number of methoxy groups -OCH3 is 1. The highest BCUT2D eigenvalue weighted by atomic mass is 19.1. The van der Waals surface area contributed by atoms with Crippen LogP contribution in [0, 0.1) is 12.7 Å². The Labute approximate surface area is 199 Å². The number of aryl methyl sites for hydroxylation is 1. The summed E-state index contributed by atoms with van der Waals surface area (Å²) in [6.07, 6.45) is 1.79. The second-order valence-corrected chi connectivity index (χ2v) is 8.34. The number of carbonyl (C=O) groups is 1. The first kappa shape index (κ1) is 22.3. The zero-order chi connectivity index (χ0) is 24.7. The molecule has 0 radical (unpaired) electrons. The summed E-state index contributed by atoms with van der Waals surface area (Å²) in [4.78, 5) is 32.9. The van der Waals surface area contributed by atoms with Gasteiger partial charge in [0.05, 0.1) is 24.2 Å². The predicted octanol–water partition coefficient (Wildman–Crippen LogP) is 5.74. The first-order chi connectivity index (χ1) is 16.9. The Kier molecular flexibility index (Phi) is 5.56. The number of rotatable bonds is 5. The van der Waals surface area contributed by atoms with Crippen molar-refractivity contribution >= 4 is 33.7 Å². The molecule has 3 aromatic heterocycles. The number of hydrogen-bond donors (Lipinski definition) is 2. The van der Waals surface area contributed by atoms with Gasteiger partial charge in [-0.3, -0.25) is 4.79 Å². The van der Waals surface area contributed by atoms with Crippen molar-refractivity contribution in [2.75, 3.05) is 12.4 Å². The fourth-order valence-electron chi connectivity index (χ4n) is 4.21. The molecule has 0 aliphatic rings. The first-order valence-corrected chi connectivity index (χ1v) is 11.0. The molecule has 3 heterocycles. The fourth-order valence-corrected chi connectivity index (χ4v) is 4.21. The van der Waals surface area contributed by atoms with E-state index in [1.165, 1.54) is 25.3 Å². The van der Waals surface area contributed by atoms with E-state index in [0.717, 1.165) is 10.9 Å². The van der Waals surface area contributed by atoms with Crippen LogP contribution in [0.15, 0.2) is 70.0 Å². The SMILES string of the molecule is COC(=O)c1c(F)cccc1NC(C)c1cc(C)cc2c(=O)cc(-c3ccc4cc[nH]c4n3)oc12. The molecule has 5 aromatic rings. The van der Waals surface area contributed by atoms with Crippen LogP contribution in [0.3, 0.4) is 0 Å². The number of ether oxygens (including phenoxy) is 1. The largest absolute Gasteiger partial charge is 0.465 e. The molecule has 1 atom stereocenters. The summed E-state index contributed by atoms with van der Waals surface area (Å²) in [6.45, 7) is 3.72. The van der Waals surface area contributed by atoms with Crippen LogP contribution in [0.2, 0.25) is 0 Å². The van der Waals surface area contributed by atoms with E-state index in [1.54, 1.807) is 24.4 Å². The van der Waals surface area contributed by atoms with Crippen LogP contribution in [0.1, 0.15) is 34.5 Å². The number of fused-ring (bicyclic) bond motifs is 2. The van der Waals surface area contributed by atoms with Gasteiger partial charge in [0.15, 0.2) is 11.2 Å². The quantitative estimate of drug-likeness (QED) is 0.317. The third-order valence-corrected chi connectivity index (χ3v) is 5.91. The summed E-state index contributed by atoms with van der Waals surface area (Å²) < 4.78 is 25.4. The Morgan fingerprint density at radius 2 is 2.00 bits per heavy atom. The summed E-state index contributed by atoms with van der Waals surface area (Å²) in [6, 6.07) is 14.6. The van der Waals surface area contributed by atoms with Gasteiger partial charge in [0, 0.05) is 23.2 Å². The number of benzene rings is 2. The van der Waals surface area contributed by atoms with E-state index in [-0.39, 0.29) is 16.7 Å². The molecule has 0 amide bonds. The van der Waals surface area contributed by atoms with Gasteiger partial charge in [-0.2, -0.15) is 0 Å². The van der Waals surface area contributed by atoms with Crippen molar-refractivity contribution in [1.29, 1.82) is 0 Å². The highest BCUT2D eigenvalue weighted by Gasteiger charge is 2.21. The van der Waals surface area contributed by atoms with Crippen LogP contribution in [-0.4, -0.2) is 23.0 Å². The summed E-state index contributed by atoms with van der Waals surface area (Å²) in [7, 11) is 1.20. The van der Waals surface area contributed by atoms with E-state index >= 15 is 0 Å². The second kappa shape index (κ2) is 8.72. The van der Waals surface area contributed by atoms with E-state index < -0.39 is 17.8 Å². The summed E-state index contributed by atoms with van der Waals surface area (Å²) in [5.41, 5.74) is 3.02. The topological polar surface area (TPSA) is 97.2 Å². The Bertz CT molecular complexity index is 1650. The Morgan fingerprint density at radius 3 is 2.80 bits per heavy atom. The zero-order valence-corrected chi connectivity index (χ0v) is 19.3. The Morgan fingerprint density at radius 1 is 1.17 bits per heavy atom. The van der Waals surface area contributed by atoms with Gasteiger partial charge in [0.2, 0.25) is 0 Å². The number of carbonyl (C=O) groups excluding carboxylic acids is 1. The van der Waals surface area contributed by atoms with E-state index in [1.807, 2.05) is 32.0 Å². The summed E-state index contributed by atoms with van der Waals surface area (Å²) in [5.74, 6) is -1.15. The summed E-state index contributed by atoms with van der Waals surface area (Å²) in [5, 5.41) is 4.55. The van der Waals surface area contributed by atoms with E-state index in [0.29, 0.717) is 33.6 Å². The van der Waals surface area contributed by atoms with Crippen molar-refractivity contribution in [3.63, 3.8) is 0 Å². The molecule has 0 saturated carbocycles. The van der Waals surface area contributed by atoms with Gasteiger partial charge in [0.25, 0.3) is 0 Å². The number of H-pyrrole nitrogens is 1. The third kappa shape index (κ3) is 4.03. The molecule has 0 saturated heterocycles. The van der Waals surface area contributed by atoms with Gasteiger partial charge in [-0.05, 0) is 55.8 Å². The number of nitrogens with one attached hydrogen (secondary N) is 2. The monoisotopic (exact) mass is 471 g/mol. The molecule has 176 valence electrons. The number of nitrogens with zero attached hydrogens (tertiary/aromatic N) is 1. The first-order valence-electron chi connectivity index (χ1n) is 11.0. The van der Waals surface area contributed by atoms with Gasteiger partial charge in [-0.1, -0.05) is 12.1 Å². The molecule has 0 bridgehead atoms. The second-order valence-electron chi connectivity index (χ2n) is 8.34. The Balaban J connectivity index is 1.63. The number of aromatic nitrogens is 2. The molecule has 7 nitrogen and oxygen atoms in total. The number of aromatic amines is 1. The van der Waals surface area contributed by atoms with Crippen LogP contribution < -0.4 is 10.7 Å². The average molecular weight is 471 g/mol. The molecule has 0 aliphatic heterocycles. The fraction of sp³-hybridized carbons (Fsp3) is 0.148. The smallest absolute Gasteiger partial charge is 0.342 e. The highest BCUT2D eigenvalue weighted by molar-refractivity contribution is 5.96. The van der Waals surface area contributed by atoms with Crippen molar-refractivity contribution < 1.29 is 18.3 Å². The third-order valence-electron chi connectivity index (χ3n) is 5.91. The molecule has 1 unspecified atom stereocenters. The maximum absolute atomic E-state index is 14.4. The van der Waals surface area contributed by atoms with Gasteiger partial charge in [-0.25, -0.2) is 14.2 Å². The van der Waals surface area contributed by atoms with Crippen molar-refractivity contribution in [2.45, 2.75) is 19.9 Å². The molecule has 0 aliphatic carbocycles. The predicted molar refractivity (Wildman–Crippen MR) is 132 cm³/mol. The van der Waals surface area contributed by atoms with Crippen LogP contribution in [0.4, 0.5) is 10.1 Å². The molecule has 5 rings (SSSR count). The lowest BCUT2D eigenvalue weighted by atomic mass is 10.0. The van der Waals surface area contributed by atoms with Crippen molar-refractivity contribution in [2.24, 2.45) is 0 Å². The van der Waals surface area contributed by atoms with Crippen LogP contribution >= 0.6 is 0 Å². The lowest BCUT2D eigenvalue weighted by Gasteiger charge is -2.20. The number of halogens is 1. The molecule has 2 N–H and O–H groups in total. The van der Waals surface area contributed by atoms with Crippen LogP contribution in [0.25, 0.3) is 33.5 Å². The maximum Gasteiger partial charge on any atom is 0.342 e. The van der Waals surface area contributed by atoms with E-state index in [9.17, 15) is 14.0 Å². The molecule has 2 aromatic carbocycles. The van der Waals surface area contributed by atoms with Crippen LogP contribution in [0.5, 0.6) is 0 Å². The van der Waals surface area contributed by atoms with E-state index in [4.69, 9.17) is 9.15 Å². The van der Waals surface area contributed by atoms with Crippen molar-refractivity contribution in [3.8, 4) is 11.5 Å². The molecular formula is C27H22FN3O4. The minimum Gasteiger partial charge on any atom is -0.465 e. The number of hydrogen-bond acceptors (Lipinski definition) is 6. The highest BCUT2D eigenvalue weighted by Crippen LogP contribution is 2.32. The lowest BCUT2D eigenvalue weighted by molar-refractivity contribution is 0.0596. The minimum absolute atomic E-state index is 0.190. The molecule has 0 fully saturated rings. The van der Waals surface area contributed by atoms with E-state index in [2.05, 4.69) is 15.3 Å². The van der Waals surface area contributed by atoms with Crippen molar-refractivity contribution in [3.05, 3.63) is 93.5 Å². The molecule has 35 heavy (non-hydrogen) atoms. The standard InChI is InChI=1S/C27H22FN3O4/c1-14-11-17(15(2)30-21-6-4-5-19(28)24(21)27(33)34-3)25-18(12-14)22(32)13-23(35-25)20-8-7-16-9-10-29-26(16)31-20/h4-13,15,30H,1-3H3,(H,29,31). The maximum atomic E-state index is 14.4. The minimum atomic E-state index is -0.786. The number of anilines is 1. The normalized spacial score (nSPS) is 12.1. The van der Waals surface area contributed by atoms with Crippen LogP contribution in [-0.2, 0) is 4.74 Å². The van der Waals surface area contributed by atoms with Gasteiger partial charge >= 0.3 is 5.97 Å². The molecular weight excluding hydrogens is 449 g/mol. The van der Waals surface area contributed by atoms with Crippen molar-refractivity contribution in [1.82, 2.24) is 9.97 Å². The molecule has 8 heteroatoms. The van der Waals surface area contributed by atoms with Gasteiger partial charge in [0.1, 0.15) is 28.3 Å². The summed E-state index contributed by atoms with van der Waals surface area (Å²) >= 11 is 0. The number of esters is 1. The van der Waals surface area contributed by atoms with Gasteiger partial charge < -0.3 is 19.5 Å². The lowest BCUT2D eigenvalue weighted by Crippen LogP contribution is -2.14. The zero-order valence-electron chi connectivity index (χ0n) is 19.3. The number of pyridine rings is 1.